The molecule has 0 aliphatic heterocycles. The van der Waals surface area contributed by atoms with Crippen molar-refractivity contribution in [2.75, 3.05) is 12.8 Å². The smallest absolute Gasteiger partial charge is 0.357 e. The third kappa shape index (κ3) is 2.38. The zero-order valence-electron chi connectivity index (χ0n) is 10.4. The summed E-state index contributed by atoms with van der Waals surface area (Å²) in [5, 5.41) is 9.59. The van der Waals surface area contributed by atoms with Crippen LogP contribution < -0.4 is 5.73 Å². The Bertz CT molecular complexity index is 734. The number of aromatic nitrogens is 1. The van der Waals surface area contributed by atoms with E-state index in [0.29, 0.717) is 15.2 Å². The molecule has 0 unspecified atom stereocenters. The van der Waals surface area contributed by atoms with Crippen LogP contribution >= 0.6 is 27.5 Å². The monoisotopic (exact) mass is 353 g/mol. The van der Waals surface area contributed by atoms with Crippen molar-refractivity contribution in [3.05, 3.63) is 45.1 Å². The van der Waals surface area contributed by atoms with Crippen molar-refractivity contribution in [1.82, 2.24) is 4.57 Å². The number of hydrogen-bond acceptors (Lipinski definition) is 4. The normalized spacial score (nSPS) is 10.1. The number of nitrogens with two attached hydrogens (primary N) is 1. The molecule has 2 rings (SSSR count). The number of nitriles is 1. The number of hydrogen-bond donors (Lipinski definition) is 1. The fraction of sp³-hybridized carbons (Fsp3) is 0.0769. The molecule has 7 heteroatoms. The average molecular weight is 355 g/mol. The number of methoxy groups -OCH3 is 1. The topological polar surface area (TPSA) is 81.0 Å². The highest BCUT2D eigenvalue weighted by Gasteiger charge is 2.22. The first-order chi connectivity index (χ1) is 9.49. The molecule has 1 heterocycles. The maximum absolute atomic E-state index is 11.9. The summed E-state index contributed by atoms with van der Waals surface area (Å²) >= 11 is 9.25. The summed E-state index contributed by atoms with van der Waals surface area (Å²) in [5.74, 6) is -0.620. The molecular weight excluding hydrogens is 346 g/mol. The van der Waals surface area contributed by atoms with E-state index in [2.05, 4.69) is 15.9 Å². The summed E-state index contributed by atoms with van der Waals surface area (Å²) in [4.78, 5) is 11.9. The zero-order chi connectivity index (χ0) is 14.9. The number of halogens is 2. The zero-order valence-corrected chi connectivity index (χ0v) is 12.7. The molecule has 20 heavy (non-hydrogen) atoms. The van der Waals surface area contributed by atoms with E-state index in [0.717, 1.165) is 0 Å². The van der Waals surface area contributed by atoms with Crippen molar-refractivity contribution in [1.29, 1.82) is 5.26 Å². The minimum absolute atomic E-state index is 0.0844. The Hall–Kier alpha value is -1.97. The van der Waals surface area contributed by atoms with Gasteiger partial charge in [-0.15, -0.1) is 0 Å². The molecule has 0 spiro atoms. The number of rotatable bonds is 2. The van der Waals surface area contributed by atoms with Gasteiger partial charge in [-0.2, -0.15) is 5.26 Å². The van der Waals surface area contributed by atoms with Crippen molar-refractivity contribution in [2.45, 2.75) is 0 Å². The lowest BCUT2D eigenvalue weighted by Gasteiger charge is -2.10. The fourth-order valence-electron chi connectivity index (χ4n) is 1.78. The van der Waals surface area contributed by atoms with Gasteiger partial charge in [0.05, 0.1) is 24.0 Å². The Balaban J connectivity index is 2.74. The van der Waals surface area contributed by atoms with E-state index in [1.54, 1.807) is 18.2 Å². The van der Waals surface area contributed by atoms with E-state index >= 15 is 0 Å². The number of ether oxygens (including phenoxy) is 1. The summed E-state index contributed by atoms with van der Waals surface area (Å²) in [7, 11) is 1.25. The maximum Gasteiger partial charge on any atom is 0.357 e. The van der Waals surface area contributed by atoms with Crippen LogP contribution in [-0.4, -0.2) is 17.6 Å². The second kappa shape index (κ2) is 5.57. The molecule has 0 bridgehead atoms. The summed E-state index contributed by atoms with van der Waals surface area (Å²) in [6, 6.07) is 7.00. The Morgan fingerprint density at radius 2 is 2.25 bits per heavy atom. The summed E-state index contributed by atoms with van der Waals surface area (Å²) in [6.07, 6.45) is 1.48. The lowest BCUT2D eigenvalue weighted by molar-refractivity contribution is 0.0593. The van der Waals surface area contributed by atoms with Crippen LogP contribution in [0.5, 0.6) is 0 Å². The van der Waals surface area contributed by atoms with Gasteiger partial charge in [-0.05, 0) is 34.1 Å². The third-order valence-electron chi connectivity index (χ3n) is 2.71. The Labute approximate surface area is 128 Å². The second-order valence-electron chi connectivity index (χ2n) is 3.87. The summed E-state index contributed by atoms with van der Waals surface area (Å²) in [5.41, 5.74) is 6.84. The highest BCUT2D eigenvalue weighted by Crippen LogP contribution is 2.30. The highest BCUT2D eigenvalue weighted by atomic mass is 79.9. The maximum atomic E-state index is 11.9. The largest absolute Gasteiger partial charge is 0.464 e. The molecule has 2 aromatic rings. The first kappa shape index (κ1) is 14.4. The van der Waals surface area contributed by atoms with Gasteiger partial charge < -0.3 is 15.0 Å². The van der Waals surface area contributed by atoms with Crippen LogP contribution in [-0.2, 0) is 4.74 Å². The van der Waals surface area contributed by atoms with Crippen LogP contribution in [0, 0.1) is 11.3 Å². The Kier molecular flexibility index (Phi) is 4.02. The molecule has 0 aliphatic rings. The van der Waals surface area contributed by atoms with Gasteiger partial charge in [0.2, 0.25) is 0 Å². The van der Waals surface area contributed by atoms with Gasteiger partial charge in [0, 0.05) is 15.7 Å². The number of esters is 1. The van der Waals surface area contributed by atoms with Gasteiger partial charge in [0.25, 0.3) is 0 Å². The van der Waals surface area contributed by atoms with Crippen LogP contribution in [0.25, 0.3) is 5.69 Å². The quantitative estimate of drug-likeness (QED) is 0.840. The Morgan fingerprint density at radius 3 is 2.80 bits per heavy atom. The van der Waals surface area contributed by atoms with E-state index in [-0.39, 0.29) is 16.9 Å². The van der Waals surface area contributed by atoms with Crippen LogP contribution in [0.15, 0.2) is 28.9 Å². The van der Waals surface area contributed by atoms with Gasteiger partial charge in [-0.25, -0.2) is 4.79 Å². The first-order valence-electron chi connectivity index (χ1n) is 5.44. The van der Waals surface area contributed by atoms with Gasteiger partial charge in [-0.3, -0.25) is 0 Å². The number of anilines is 1. The molecular formula is C13H9BrClN3O2. The molecule has 102 valence electrons. The minimum atomic E-state index is -0.620. The average Bonchev–Trinajstić information content (AvgIpc) is 2.74. The van der Waals surface area contributed by atoms with E-state index in [1.165, 1.54) is 17.9 Å². The Morgan fingerprint density at radius 1 is 1.55 bits per heavy atom. The lowest BCUT2D eigenvalue weighted by atomic mass is 10.2. The molecule has 0 atom stereocenters. The molecule has 0 radical (unpaired) electrons. The minimum Gasteiger partial charge on any atom is -0.464 e. The van der Waals surface area contributed by atoms with Crippen molar-refractivity contribution in [3.8, 4) is 11.8 Å². The molecule has 0 saturated carbocycles. The molecule has 1 aromatic heterocycles. The highest BCUT2D eigenvalue weighted by molar-refractivity contribution is 9.10. The second-order valence-corrected chi connectivity index (χ2v) is 5.16. The van der Waals surface area contributed by atoms with Crippen LogP contribution in [0.4, 0.5) is 5.69 Å². The predicted octanol–water partition coefficient (Wildman–Crippen LogP) is 3.13. The van der Waals surface area contributed by atoms with Crippen LogP contribution in [0.2, 0.25) is 5.02 Å². The van der Waals surface area contributed by atoms with Gasteiger partial charge in [-0.1, -0.05) is 11.6 Å². The predicted molar refractivity (Wildman–Crippen MR) is 78.9 cm³/mol. The van der Waals surface area contributed by atoms with E-state index in [1.807, 2.05) is 6.07 Å². The molecule has 0 amide bonds. The van der Waals surface area contributed by atoms with Crippen molar-refractivity contribution >= 4 is 39.2 Å². The fourth-order valence-corrected chi connectivity index (χ4v) is 2.65. The van der Waals surface area contributed by atoms with Crippen molar-refractivity contribution < 1.29 is 9.53 Å². The van der Waals surface area contributed by atoms with Gasteiger partial charge in [0.15, 0.2) is 5.69 Å². The van der Waals surface area contributed by atoms with Crippen LogP contribution in [0.1, 0.15) is 16.1 Å². The van der Waals surface area contributed by atoms with E-state index in [9.17, 15) is 4.79 Å². The first-order valence-corrected chi connectivity index (χ1v) is 6.61. The molecule has 1 aromatic carbocycles. The number of nitrogens with zero attached hydrogens (tertiary/aromatic N) is 2. The van der Waals surface area contributed by atoms with Crippen molar-refractivity contribution in [2.24, 2.45) is 0 Å². The van der Waals surface area contributed by atoms with E-state index in [4.69, 9.17) is 27.3 Å². The molecule has 5 nitrogen and oxygen atoms in total. The molecule has 0 saturated heterocycles. The number of carbonyl (C=O) groups is 1. The van der Waals surface area contributed by atoms with Crippen LogP contribution in [0.3, 0.4) is 0 Å². The van der Waals surface area contributed by atoms with Crippen molar-refractivity contribution in [3.63, 3.8) is 0 Å². The standard InChI is InChI=1S/C13H9BrClN3O2/c1-20-13(19)12-11(17)7(5-16)6-18(12)10-3-2-8(15)4-9(10)14/h2-4,6H,17H2,1H3. The number of nitrogen functional groups attached to an aromatic ring is 1. The number of benzene rings is 1. The summed E-state index contributed by atoms with van der Waals surface area (Å²) < 4.78 is 6.87. The number of carbonyl (C=O) groups excluding carboxylic acids is 1. The molecule has 0 fully saturated rings. The van der Waals surface area contributed by atoms with Gasteiger partial charge in [0.1, 0.15) is 6.07 Å². The SMILES string of the molecule is COC(=O)c1c(N)c(C#N)cn1-c1ccc(Cl)cc1Br. The lowest BCUT2D eigenvalue weighted by Crippen LogP contribution is -2.11. The third-order valence-corrected chi connectivity index (χ3v) is 3.58. The van der Waals surface area contributed by atoms with Gasteiger partial charge >= 0.3 is 5.97 Å². The summed E-state index contributed by atoms with van der Waals surface area (Å²) in [6.45, 7) is 0. The molecule has 2 N–H and O–H groups in total. The molecule has 0 aliphatic carbocycles. The van der Waals surface area contributed by atoms with E-state index < -0.39 is 5.97 Å².